The molecule has 4 rings (SSSR count). The first-order valence-electron chi connectivity index (χ1n) is 8.19. The molecule has 24 heavy (non-hydrogen) atoms. The van der Waals surface area contributed by atoms with Crippen molar-refractivity contribution < 1.29 is 4.79 Å². The van der Waals surface area contributed by atoms with Crippen LogP contribution in [-0.4, -0.2) is 21.1 Å². The van der Waals surface area contributed by atoms with Crippen molar-refractivity contribution in [1.29, 1.82) is 0 Å². The van der Waals surface area contributed by atoms with Crippen molar-refractivity contribution in [1.82, 2.24) is 15.2 Å². The van der Waals surface area contributed by atoms with Gasteiger partial charge in [0.1, 0.15) is 0 Å². The number of rotatable bonds is 2. The summed E-state index contributed by atoms with van der Waals surface area (Å²) in [4.78, 5) is 16.8. The van der Waals surface area contributed by atoms with Gasteiger partial charge >= 0.3 is 0 Å². The summed E-state index contributed by atoms with van der Waals surface area (Å²) in [5.41, 5.74) is 10.8. The monoisotopic (exact) mass is 321 g/mol. The lowest BCUT2D eigenvalue weighted by atomic mass is 9.90. The number of nitrogens with one attached hydrogen (secondary N) is 2. The molecule has 0 radical (unpaired) electrons. The minimum atomic E-state index is -0.287. The summed E-state index contributed by atoms with van der Waals surface area (Å²) < 4.78 is 0. The molecule has 2 aliphatic carbocycles. The predicted molar refractivity (Wildman–Crippen MR) is 92.9 cm³/mol. The Labute approximate surface area is 139 Å². The number of allylic oxidation sites excluding steroid dienone is 4. The summed E-state index contributed by atoms with van der Waals surface area (Å²) >= 11 is 0. The summed E-state index contributed by atoms with van der Waals surface area (Å²) in [6, 6.07) is 1.78. The summed E-state index contributed by atoms with van der Waals surface area (Å²) in [5.74, 6) is -0.348. The minimum absolute atomic E-state index is 0.0608. The van der Waals surface area contributed by atoms with Crippen LogP contribution in [0.15, 0.2) is 53.5 Å². The number of carbonyl (C=O) groups is 1. The zero-order valence-corrected chi connectivity index (χ0v) is 13.2. The van der Waals surface area contributed by atoms with Crippen LogP contribution in [-0.2, 0) is 4.79 Å². The molecule has 0 unspecified atom stereocenters. The SMILES string of the molecule is NC1=C2C=C[C@H](C(=O)Nc3ccnc4[nH]ncc34)C=C2CCCC1. The van der Waals surface area contributed by atoms with Gasteiger partial charge in [-0.05, 0) is 42.9 Å². The molecule has 2 heterocycles. The van der Waals surface area contributed by atoms with Gasteiger partial charge in [-0.1, -0.05) is 18.2 Å². The van der Waals surface area contributed by atoms with E-state index in [4.69, 9.17) is 5.73 Å². The molecule has 122 valence electrons. The van der Waals surface area contributed by atoms with E-state index in [1.165, 1.54) is 5.57 Å². The Morgan fingerprint density at radius 1 is 1.33 bits per heavy atom. The van der Waals surface area contributed by atoms with Crippen LogP contribution in [0.1, 0.15) is 25.7 Å². The van der Waals surface area contributed by atoms with E-state index in [-0.39, 0.29) is 11.8 Å². The molecule has 2 aromatic heterocycles. The van der Waals surface area contributed by atoms with Crippen LogP contribution < -0.4 is 11.1 Å². The lowest BCUT2D eigenvalue weighted by Crippen LogP contribution is -2.22. The number of pyridine rings is 1. The quantitative estimate of drug-likeness (QED) is 0.792. The van der Waals surface area contributed by atoms with Crippen molar-refractivity contribution >= 4 is 22.6 Å². The molecule has 4 N–H and O–H groups in total. The van der Waals surface area contributed by atoms with E-state index in [1.54, 1.807) is 18.5 Å². The summed E-state index contributed by atoms with van der Waals surface area (Å²) in [5, 5.41) is 10.6. The van der Waals surface area contributed by atoms with E-state index in [0.29, 0.717) is 11.3 Å². The van der Waals surface area contributed by atoms with Gasteiger partial charge in [-0.2, -0.15) is 5.10 Å². The first kappa shape index (κ1) is 14.7. The molecular formula is C18H19N5O. The maximum Gasteiger partial charge on any atom is 0.235 e. The number of aromatic nitrogens is 3. The van der Waals surface area contributed by atoms with Crippen molar-refractivity contribution in [2.24, 2.45) is 11.7 Å². The van der Waals surface area contributed by atoms with E-state index in [9.17, 15) is 4.79 Å². The number of hydrogen-bond donors (Lipinski definition) is 3. The number of fused-ring (bicyclic) bond motifs is 2. The Bertz CT molecular complexity index is 890. The molecule has 2 aromatic rings. The second-order valence-corrected chi connectivity index (χ2v) is 6.20. The van der Waals surface area contributed by atoms with E-state index < -0.39 is 0 Å². The smallest absolute Gasteiger partial charge is 0.235 e. The van der Waals surface area contributed by atoms with Gasteiger partial charge in [0, 0.05) is 11.9 Å². The molecule has 0 aromatic carbocycles. The Morgan fingerprint density at radius 3 is 3.12 bits per heavy atom. The molecule has 0 saturated carbocycles. The summed E-state index contributed by atoms with van der Waals surface area (Å²) in [6.07, 6.45) is 13.4. The third-order valence-electron chi connectivity index (χ3n) is 4.60. The van der Waals surface area contributed by atoms with E-state index in [2.05, 4.69) is 20.5 Å². The van der Waals surface area contributed by atoms with Gasteiger partial charge in [0.05, 0.1) is 23.2 Å². The number of carbonyl (C=O) groups excluding carboxylic acids is 1. The van der Waals surface area contributed by atoms with Crippen LogP contribution in [0.5, 0.6) is 0 Å². The highest BCUT2D eigenvalue weighted by atomic mass is 16.1. The molecule has 2 aliphatic rings. The largest absolute Gasteiger partial charge is 0.402 e. The number of anilines is 1. The third-order valence-corrected chi connectivity index (χ3v) is 4.60. The highest BCUT2D eigenvalue weighted by molar-refractivity contribution is 6.02. The first-order chi connectivity index (χ1) is 11.7. The Morgan fingerprint density at radius 2 is 2.21 bits per heavy atom. The first-order valence-corrected chi connectivity index (χ1v) is 8.19. The van der Waals surface area contributed by atoms with Crippen LogP contribution in [0.4, 0.5) is 5.69 Å². The number of nitrogens with zero attached hydrogens (tertiary/aromatic N) is 2. The van der Waals surface area contributed by atoms with Gasteiger partial charge in [0.2, 0.25) is 5.91 Å². The number of nitrogens with two attached hydrogens (primary N) is 1. The van der Waals surface area contributed by atoms with E-state index in [0.717, 1.165) is 42.3 Å². The standard InChI is InChI=1S/C18H19N5O/c19-15-4-2-1-3-11-9-12(5-6-13(11)15)18(24)22-16-7-8-20-17-14(16)10-21-23-17/h5-10,12H,1-4,19H2,(H2,20,21,22,23,24)/t12-/m0/s1. The molecule has 6 heteroatoms. The Hall–Kier alpha value is -2.89. The van der Waals surface area contributed by atoms with Crippen LogP contribution in [0.3, 0.4) is 0 Å². The van der Waals surface area contributed by atoms with Gasteiger partial charge in [0.25, 0.3) is 0 Å². The second kappa shape index (κ2) is 5.96. The Balaban J connectivity index is 1.59. The van der Waals surface area contributed by atoms with Crippen LogP contribution in [0.2, 0.25) is 0 Å². The summed E-state index contributed by atoms with van der Waals surface area (Å²) in [6.45, 7) is 0. The molecule has 0 aliphatic heterocycles. The molecular weight excluding hydrogens is 302 g/mol. The van der Waals surface area contributed by atoms with Crippen molar-refractivity contribution in [3.8, 4) is 0 Å². The van der Waals surface area contributed by atoms with Gasteiger partial charge < -0.3 is 11.1 Å². The van der Waals surface area contributed by atoms with Gasteiger partial charge in [0.15, 0.2) is 5.65 Å². The molecule has 0 fully saturated rings. The van der Waals surface area contributed by atoms with Crippen LogP contribution in [0, 0.1) is 5.92 Å². The number of amides is 1. The summed E-state index contributed by atoms with van der Waals surface area (Å²) in [7, 11) is 0. The highest BCUT2D eigenvalue weighted by Gasteiger charge is 2.22. The van der Waals surface area contributed by atoms with Crippen molar-refractivity contribution in [2.45, 2.75) is 25.7 Å². The van der Waals surface area contributed by atoms with Gasteiger partial charge in [-0.3, -0.25) is 9.89 Å². The maximum atomic E-state index is 12.7. The molecule has 1 atom stereocenters. The van der Waals surface area contributed by atoms with E-state index >= 15 is 0 Å². The van der Waals surface area contributed by atoms with E-state index in [1.807, 2.05) is 18.2 Å². The molecule has 0 spiro atoms. The van der Waals surface area contributed by atoms with Crippen molar-refractivity contribution in [2.75, 3.05) is 5.32 Å². The predicted octanol–water partition coefficient (Wildman–Crippen LogP) is 2.80. The third kappa shape index (κ3) is 2.60. The number of H-pyrrole nitrogens is 1. The Kier molecular flexibility index (Phi) is 3.65. The average molecular weight is 321 g/mol. The number of hydrogen-bond acceptors (Lipinski definition) is 4. The lowest BCUT2D eigenvalue weighted by Gasteiger charge is -2.18. The van der Waals surface area contributed by atoms with Crippen LogP contribution >= 0.6 is 0 Å². The second-order valence-electron chi connectivity index (χ2n) is 6.20. The molecule has 0 bridgehead atoms. The van der Waals surface area contributed by atoms with Gasteiger partial charge in [-0.25, -0.2) is 4.98 Å². The minimum Gasteiger partial charge on any atom is -0.402 e. The zero-order chi connectivity index (χ0) is 16.5. The average Bonchev–Trinajstić information content (AvgIpc) is 3.00. The van der Waals surface area contributed by atoms with Crippen molar-refractivity contribution in [3.63, 3.8) is 0 Å². The van der Waals surface area contributed by atoms with Crippen molar-refractivity contribution in [3.05, 3.63) is 53.5 Å². The maximum absolute atomic E-state index is 12.7. The number of aromatic amines is 1. The lowest BCUT2D eigenvalue weighted by molar-refractivity contribution is -0.117. The van der Waals surface area contributed by atoms with Gasteiger partial charge in [-0.15, -0.1) is 0 Å². The van der Waals surface area contributed by atoms with Crippen LogP contribution in [0.25, 0.3) is 11.0 Å². The molecule has 1 amide bonds. The fourth-order valence-corrected chi connectivity index (χ4v) is 3.30. The fraction of sp³-hybridized carbons (Fsp3) is 0.278. The fourth-order valence-electron chi connectivity index (χ4n) is 3.30. The normalized spacial score (nSPS) is 20.5. The zero-order valence-electron chi connectivity index (χ0n) is 13.2. The molecule has 6 nitrogen and oxygen atoms in total. The highest BCUT2D eigenvalue weighted by Crippen LogP contribution is 2.32. The molecule has 0 saturated heterocycles. The topological polar surface area (TPSA) is 96.7 Å².